The predicted molar refractivity (Wildman–Crippen MR) is 300 cm³/mol. The summed E-state index contributed by atoms with van der Waals surface area (Å²) in [5.41, 5.74) is 10.9. The van der Waals surface area contributed by atoms with E-state index in [1.165, 1.54) is 46.4 Å². The summed E-state index contributed by atoms with van der Waals surface area (Å²) >= 11 is 5.42. The first-order valence-electron chi connectivity index (χ1n) is 23.3. The molecular formula is C63H34N4S3. The first-order valence-corrected chi connectivity index (χ1v) is 25.7. The van der Waals surface area contributed by atoms with Crippen molar-refractivity contribution in [1.29, 1.82) is 5.26 Å². The highest BCUT2D eigenvalue weighted by atomic mass is 32.1. The van der Waals surface area contributed by atoms with Crippen LogP contribution in [0, 0.1) is 24.8 Å². The van der Waals surface area contributed by atoms with E-state index in [4.69, 9.17) is 0 Å². The zero-order chi connectivity index (χ0) is 46.4. The molecule has 0 unspecified atom stereocenters. The molecule has 0 amide bonds. The molecular weight excluding hydrogens is 909 g/mol. The molecule has 5 aromatic heterocycles. The molecule has 15 rings (SSSR count). The number of aryl methyl sites for hydroxylation is 1. The highest BCUT2D eigenvalue weighted by Gasteiger charge is 2.33. The van der Waals surface area contributed by atoms with E-state index in [1.807, 2.05) is 40.9 Å². The Morgan fingerprint density at radius 1 is 0.429 bits per heavy atom. The molecule has 15 aromatic rings. The van der Waals surface area contributed by atoms with Gasteiger partial charge in [0.2, 0.25) is 5.69 Å². The average molecular weight is 943 g/mol. The van der Waals surface area contributed by atoms with Crippen molar-refractivity contribution in [3.05, 3.63) is 211 Å². The van der Waals surface area contributed by atoms with Gasteiger partial charge in [0.1, 0.15) is 6.07 Å². The van der Waals surface area contributed by atoms with E-state index >= 15 is 0 Å². The van der Waals surface area contributed by atoms with E-state index in [2.05, 4.69) is 197 Å². The molecule has 0 saturated carbocycles. The SMILES string of the molecule is [C-]#[N+]c1c(-c2ccccc2)c(C#N)c(-n2c3cc(C)ccc3c3ccc4c5ccccc5sc4c32)c(-c2ccccc2)c1-n1c2c(ccc3c4ccccc4sc32)c2ccc3c4ccccc4sc3c21. The molecule has 0 fully saturated rings. The number of rotatable bonds is 4. The highest BCUT2D eigenvalue weighted by molar-refractivity contribution is 7.27. The summed E-state index contributed by atoms with van der Waals surface area (Å²) in [5.74, 6) is 0. The first kappa shape index (κ1) is 39.4. The van der Waals surface area contributed by atoms with Gasteiger partial charge in [-0.25, -0.2) is 4.85 Å². The Morgan fingerprint density at radius 2 is 0.843 bits per heavy atom. The third kappa shape index (κ3) is 5.26. The Balaban J connectivity index is 1.27. The van der Waals surface area contributed by atoms with Gasteiger partial charge in [-0.3, -0.25) is 0 Å². The molecule has 7 heteroatoms. The second-order valence-electron chi connectivity index (χ2n) is 18.1. The fourth-order valence-corrected chi connectivity index (χ4v) is 15.2. The molecule has 5 heterocycles. The van der Waals surface area contributed by atoms with Crippen molar-refractivity contribution in [2.75, 3.05) is 0 Å². The molecule has 0 radical (unpaired) electrons. The third-order valence-electron chi connectivity index (χ3n) is 14.4. The number of hydrogen-bond donors (Lipinski definition) is 0. The number of aromatic nitrogens is 2. The molecule has 0 saturated heterocycles. The Morgan fingerprint density at radius 3 is 1.33 bits per heavy atom. The number of nitriles is 1. The summed E-state index contributed by atoms with van der Waals surface area (Å²) in [6.45, 7) is 11.7. The maximum atomic E-state index is 12.1. The molecule has 324 valence electrons. The summed E-state index contributed by atoms with van der Waals surface area (Å²) in [6.07, 6.45) is 0. The zero-order valence-electron chi connectivity index (χ0n) is 37.4. The Bertz CT molecular complexity index is 4730. The van der Waals surface area contributed by atoms with Crippen molar-refractivity contribution < 1.29 is 0 Å². The van der Waals surface area contributed by atoms with Gasteiger partial charge in [0.05, 0.1) is 59.7 Å². The van der Waals surface area contributed by atoms with Crippen LogP contribution in [0.25, 0.3) is 143 Å². The van der Waals surface area contributed by atoms with Crippen LogP contribution < -0.4 is 0 Å². The Kier molecular flexibility index (Phi) is 8.29. The zero-order valence-corrected chi connectivity index (χ0v) is 39.9. The Hall–Kier alpha value is -8.56. The molecule has 0 N–H and O–H groups in total. The van der Waals surface area contributed by atoms with Crippen LogP contribution in [0.4, 0.5) is 5.69 Å². The molecule has 0 aliphatic rings. The van der Waals surface area contributed by atoms with Gasteiger partial charge in [0.25, 0.3) is 0 Å². The van der Waals surface area contributed by atoms with Crippen LogP contribution in [0.2, 0.25) is 0 Å². The van der Waals surface area contributed by atoms with Crippen LogP contribution in [-0.2, 0) is 0 Å². The number of nitrogens with zero attached hydrogens (tertiary/aromatic N) is 4. The van der Waals surface area contributed by atoms with Crippen molar-refractivity contribution in [2.45, 2.75) is 6.92 Å². The summed E-state index contributed by atoms with van der Waals surface area (Å²) in [7, 11) is 0. The average Bonchev–Trinajstić information content (AvgIpc) is 4.23. The van der Waals surface area contributed by atoms with Crippen molar-refractivity contribution >= 4 is 144 Å². The number of thiophene rings is 3. The van der Waals surface area contributed by atoms with Crippen LogP contribution in [0.5, 0.6) is 0 Å². The lowest BCUT2D eigenvalue weighted by molar-refractivity contribution is 1.14. The lowest BCUT2D eigenvalue weighted by atomic mass is 9.88. The van der Waals surface area contributed by atoms with Crippen LogP contribution in [0.1, 0.15) is 11.1 Å². The molecule has 0 bridgehead atoms. The fraction of sp³-hybridized carbons (Fsp3) is 0.0159. The molecule has 4 nitrogen and oxygen atoms in total. The van der Waals surface area contributed by atoms with Crippen molar-refractivity contribution in [3.63, 3.8) is 0 Å². The lowest BCUT2D eigenvalue weighted by Crippen LogP contribution is -2.09. The van der Waals surface area contributed by atoms with Gasteiger partial charge in [-0.15, -0.1) is 34.0 Å². The molecule has 0 aliphatic carbocycles. The molecule has 0 aliphatic heterocycles. The van der Waals surface area contributed by atoms with E-state index in [9.17, 15) is 11.8 Å². The smallest absolute Gasteiger partial charge is 0.220 e. The van der Waals surface area contributed by atoms with Crippen molar-refractivity contribution in [1.82, 2.24) is 9.13 Å². The Labute approximate surface area is 412 Å². The number of hydrogen-bond acceptors (Lipinski definition) is 4. The minimum Gasteiger partial charge on any atom is -0.316 e. The monoisotopic (exact) mass is 942 g/mol. The summed E-state index contributed by atoms with van der Waals surface area (Å²) in [4.78, 5) is 4.67. The van der Waals surface area contributed by atoms with Gasteiger partial charge in [-0.1, -0.05) is 164 Å². The highest BCUT2D eigenvalue weighted by Crippen LogP contribution is 2.55. The number of fused-ring (bicyclic) bond motifs is 18. The van der Waals surface area contributed by atoms with Crippen LogP contribution in [-0.4, -0.2) is 9.13 Å². The largest absolute Gasteiger partial charge is 0.316 e. The van der Waals surface area contributed by atoms with Gasteiger partial charge in [0.15, 0.2) is 0 Å². The summed E-state index contributed by atoms with van der Waals surface area (Å²) in [5, 5.41) is 23.7. The first-order chi connectivity index (χ1) is 34.6. The minimum atomic E-state index is 0.435. The van der Waals surface area contributed by atoms with Gasteiger partial charge < -0.3 is 9.13 Å². The van der Waals surface area contributed by atoms with E-state index < -0.39 is 0 Å². The fourth-order valence-electron chi connectivity index (χ4n) is 11.5. The van der Waals surface area contributed by atoms with Crippen molar-refractivity contribution in [3.8, 4) is 39.7 Å². The standard InChI is InChI=1S/C63H34N4S3/c1-35-25-26-38-42-27-30-45-39-19-9-12-22-50(39)68-61(45)57(42)66(49(38)33-35)56-48(34-64)53(36-15-5-3-6-16-36)55(65-2)60(54(56)37-17-7-4-8-18-37)67-58-43(28-31-46-40-20-10-13-23-51(40)69-62(46)58)44-29-32-47-41-21-11-14-24-52(41)70-63(47)59(44)67/h3-33H,1H3. The van der Waals surface area contributed by atoms with Crippen LogP contribution in [0.3, 0.4) is 0 Å². The summed E-state index contributed by atoms with van der Waals surface area (Å²) < 4.78 is 12.0. The van der Waals surface area contributed by atoms with E-state index in [0.717, 1.165) is 91.3 Å². The van der Waals surface area contributed by atoms with E-state index in [0.29, 0.717) is 16.8 Å². The van der Waals surface area contributed by atoms with Gasteiger partial charge >= 0.3 is 0 Å². The maximum absolute atomic E-state index is 12.1. The van der Waals surface area contributed by atoms with Crippen LogP contribution >= 0.6 is 34.0 Å². The summed E-state index contributed by atoms with van der Waals surface area (Å²) in [6, 6.07) is 70.0. The second kappa shape index (κ2) is 14.7. The van der Waals surface area contributed by atoms with Gasteiger partial charge in [0, 0.05) is 79.1 Å². The maximum Gasteiger partial charge on any atom is 0.220 e. The molecule has 0 spiro atoms. The normalized spacial score (nSPS) is 12.0. The topological polar surface area (TPSA) is 38.0 Å². The van der Waals surface area contributed by atoms with E-state index in [1.54, 1.807) is 11.3 Å². The second-order valence-corrected chi connectivity index (χ2v) is 21.3. The van der Waals surface area contributed by atoms with E-state index in [-0.39, 0.29) is 0 Å². The molecule has 70 heavy (non-hydrogen) atoms. The van der Waals surface area contributed by atoms with Gasteiger partial charge in [-0.2, -0.15) is 5.26 Å². The molecule has 10 aromatic carbocycles. The quantitative estimate of drug-likeness (QED) is 0.162. The predicted octanol–water partition coefficient (Wildman–Crippen LogP) is 19.0. The minimum absolute atomic E-state index is 0.435. The van der Waals surface area contributed by atoms with Gasteiger partial charge in [-0.05, 0) is 47.9 Å². The van der Waals surface area contributed by atoms with Crippen LogP contribution in [0.15, 0.2) is 188 Å². The third-order valence-corrected chi connectivity index (χ3v) is 18.0. The molecule has 0 atom stereocenters. The lowest BCUT2D eigenvalue weighted by Gasteiger charge is -2.26. The number of benzene rings is 10. The van der Waals surface area contributed by atoms with Crippen molar-refractivity contribution in [2.24, 2.45) is 0 Å².